The monoisotopic (exact) mass is 372 g/mol. The van der Waals surface area contributed by atoms with Crippen LogP contribution in [0.25, 0.3) is 0 Å². The molecule has 0 aliphatic rings. The third-order valence-corrected chi connectivity index (χ3v) is 4.53. The first-order valence-corrected chi connectivity index (χ1v) is 8.74. The molecule has 0 unspecified atom stereocenters. The van der Waals surface area contributed by atoms with Crippen LogP contribution in [-0.4, -0.2) is 37.4 Å². The van der Waals surface area contributed by atoms with Gasteiger partial charge in [0.05, 0.1) is 13.7 Å². The van der Waals surface area contributed by atoms with E-state index >= 15 is 0 Å². The van der Waals surface area contributed by atoms with Crippen LogP contribution in [0.1, 0.15) is 23.1 Å². The minimum atomic E-state index is -0.455. The number of nitrogens with one attached hydrogen (secondary N) is 1. The highest BCUT2D eigenvalue weighted by atomic mass is 19.1. The predicted octanol–water partition coefficient (Wildman–Crippen LogP) is 3.48. The van der Waals surface area contributed by atoms with E-state index in [4.69, 9.17) is 4.74 Å². The van der Waals surface area contributed by atoms with Crippen molar-refractivity contribution >= 4 is 17.5 Å². The molecule has 0 saturated carbocycles. The Balaban J connectivity index is 1.86. The van der Waals surface area contributed by atoms with Gasteiger partial charge in [0.1, 0.15) is 0 Å². The maximum absolute atomic E-state index is 13.7. The van der Waals surface area contributed by atoms with Gasteiger partial charge in [0, 0.05) is 19.2 Å². The van der Waals surface area contributed by atoms with Crippen molar-refractivity contribution < 1.29 is 18.7 Å². The molecule has 1 N–H and O–H groups in total. The summed E-state index contributed by atoms with van der Waals surface area (Å²) in [6, 6.07) is 10.3. The third kappa shape index (κ3) is 5.54. The van der Waals surface area contributed by atoms with E-state index < -0.39 is 5.82 Å². The molecule has 0 aliphatic heterocycles. The fourth-order valence-electron chi connectivity index (χ4n) is 2.69. The lowest BCUT2D eigenvalue weighted by Gasteiger charge is -2.18. The van der Waals surface area contributed by atoms with Crippen LogP contribution < -0.4 is 10.1 Å². The van der Waals surface area contributed by atoms with Crippen LogP contribution in [0.3, 0.4) is 0 Å². The Kier molecular flexibility index (Phi) is 6.93. The second-order valence-corrected chi connectivity index (χ2v) is 6.51. The van der Waals surface area contributed by atoms with Crippen molar-refractivity contribution in [1.82, 2.24) is 4.90 Å². The van der Waals surface area contributed by atoms with E-state index in [-0.39, 0.29) is 30.5 Å². The fourth-order valence-corrected chi connectivity index (χ4v) is 2.69. The van der Waals surface area contributed by atoms with Gasteiger partial charge >= 0.3 is 0 Å². The topological polar surface area (TPSA) is 58.6 Å². The largest absolute Gasteiger partial charge is 0.494 e. The fraction of sp³-hybridized carbons (Fsp3) is 0.333. The predicted molar refractivity (Wildman–Crippen MR) is 103 cm³/mol. The lowest BCUT2D eigenvalue weighted by atomic mass is 10.1. The number of hydrogen-bond acceptors (Lipinski definition) is 3. The first kappa shape index (κ1) is 20.4. The van der Waals surface area contributed by atoms with E-state index in [1.807, 2.05) is 32.0 Å². The Bertz CT molecular complexity index is 836. The van der Waals surface area contributed by atoms with Crippen molar-refractivity contribution in [2.24, 2.45) is 0 Å². The quantitative estimate of drug-likeness (QED) is 0.810. The molecule has 2 aromatic carbocycles. The number of benzene rings is 2. The van der Waals surface area contributed by atoms with Crippen LogP contribution in [0.2, 0.25) is 0 Å². The molecule has 2 amide bonds. The van der Waals surface area contributed by atoms with Crippen LogP contribution in [0.15, 0.2) is 36.4 Å². The molecule has 0 radical (unpaired) electrons. The minimum Gasteiger partial charge on any atom is -0.494 e. The second kappa shape index (κ2) is 9.16. The summed E-state index contributed by atoms with van der Waals surface area (Å²) in [6.07, 6.45) is 0.585. The second-order valence-electron chi connectivity index (χ2n) is 6.51. The summed E-state index contributed by atoms with van der Waals surface area (Å²) in [5.74, 6) is -0.716. The Morgan fingerprint density at radius 2 is 1.93 bits per heavy atom. The number of methoxy groups -OCH3 is 1. The molecular formula is C21H25FN2O3. The van der Waals surface area contributed by atoms with Gasteiger partial charge in [-0.2, -0.15) is 0 Å². The third-order valence-electron chi connectivity index (χ3n) is 4.53. The Hall–Kier alpha value is -2.89. The van der Waals surface area contributed by atoms with Crippen molar-refractivity contribution in [3.05, 3.63) is 58.9 Å². The van der Waals surface area contributed by atoms with Gasteiger partial charge in [0.15, 0.2) is 11.6 Å². The van der Waals surface area contributed by atoms with E-state index in [1.165, 1.54) is 24.1 Å². The van der Waals surface area contributed by atoms with Crippen LogP contribution in [0.4, 0.5) is 10.1 Å². The molecule has 0 saturated heterocycles. The summed E-state index contributed by atoms with van der Waals surface area (Å²) < 4.78 is 18.6. The average molecular weight is 372 g/mol. The van der Waals surface area contributed by atoms with Gasteiger partial charge in [-0.05, 0) is 55.2 Å². The maximum atomic E-state index is 13.7. The molecule has 0 fully saturated rings. The van der Waals surface area contributed by atoms with Gasteiger partial charge in [-0.15, -0.1) is 0 Å². The highest BCUT2D eigenvalue weighted by Crippen LogP contribution is 2.19. The number of rotatable bonds is 7. The zero-order chi connectivity index (χ0) is 20.0. The molecule has 0 aliphatic carbocycles. The summed E-state index contributed by atoms with van der Waals surface area (Å²) in [5.41, 5.74) is 3.54. The number of carbonyl (C=O) groups is 2. The minimum absolute atomic E-state index is 0.0385. The molecule has 144 valence electrons. The van der Waals surface area contributed by atoms with E-state index in [0.29, 0.717) is 12.0 Å². The molecule has 0 bridgehead atoms. The van der Waals surface area contributed by atoms with Crippen LogP contribution in [-0.2, 0) is 16.0 Å². The molecule has 0 spiro atoms. The molecule has 0 aromatic heterocycles. The number of nitrogens with zero attached hydrogens (tertiary/aromatic N) is 1. The number of anilines is 1. The first-order valence-electron chi connectivity index (χ1n) is 8.74. The van der Waals surface area contributed by atoms with E-state index in [9.17, 15) is 14.0 Å². The first-order chi connectivity index (χ1) is 12.8. The number of ether oxygens (including phenoxy) is 1. The van der Waals surface area contributed by atoms with Crippen LogP contribution in [0.5, 0.6) is 5.75 Å². The molecule has 6 heteroatoms. The summed E-state index contributed by atoms with van der Waals surface area (Å²) in [4.78, 5) is 25.8. The molecule has 0 heterocycles. The Morgan fingerprint density at radius 1 is 1.19 bits per heavy atom. The van der Waals surface area contributed by atoms with Gasteiger partial charge in [0.25, 0.3) is 0 Å². The SMILES string of the molecule is COc1ccc(CCC(=O)N(C)CC(=O)Nc2cccc(C)c2C)cc1F. The average Bonchev–Trinajstić information content (AvgIpc) is 2.63. The van der Waals surface area contributed by atoms with Gasteiger partial charge in [0.2, 0.25) is 11.8 Å². The van der Waals surface area contributed by atoms with Crippen molar-refractivity contribution in [3.63, 3.8) is 0 Å². The van der Waals surface area contributed by atoms with Gasteiger partial charge in [-0.1, -0.05) is 18.2 Å². The van der Waals surface area contributed by atoms with Crippen molar-refractivity contribution in [2.75, 3.05) is 26.0 Å². The lowest BCUT2D eigenvalue weighted by molar-refractivity contribution is -0.133. The number of carbonyl (C=O) groups excluding carboxylic acids is 2. The normalized spacial score (nSPS) is 10.4. The summed E-state index contributed by atoms with van der Waals surface area (Å²) in [6.45, 7) is 3.87. The van der Waals surface area contributed by atoms with E-state index in [2.05, 4.69) is 5.32 Å². The van der Waals surface area contributed by atoms with Crippen LogP contribution in [0, 0.1) is 19.7 Å². The molecule has 27 heavy (non-hydrogen) atoms. The zero-order valence-electron chi connectivity index (χ0n) is 16.1. The number of halogens is 1. The summed E-state index contributed by atoms with van der Waals surface area (Å²) >= 11 is 0. The number of likely N-dealkylation sites (N-methyl/N-ethyl adjacent to an activating group) is 1. The van der Waals surface area contributed by atoms with E-state index in [0.717, 1.165) is 16.8 Å². The molecule has 2 rings (SSSR count). The van der Waals surface area contributed by atoms with Crippen molar-refractivity contribution in [3.8, 4) is 5.75 Å². The highest BCUT2D eigenvalue weighted by Gasteiger charge is 2.14. The molecule has 5 nitrogen and oxygen atoms in total. The zero-order valence-corrected chi connectivity index (χ0v) is 16.1. The highest BCUT2D eigenvalue weighted by molar-refractivity contribution is 5.95. The standard InChI is InChI=1S/C21H25FN2O3/c1-14-6-5-7-18(15(14)2)23-20(25)13-24(3)21(26)11-9-16-8-10-19(27-4)17(22)12-16/h5-8,10,12H,9,11,13H2,1-4H3,(H,23,25). The van der Waals surface area contributed by atoms with E-state index in [1.54, 1.807) is 13.1 Å². The molecule has 0 atom stereocenters. The number of amides is 2. The molecule has 2 aromatic rings. The number of aryl methyl sites for hydroxylation is 2. The summed E-state index contributed by atoms with van der Waals surface area (Å²) in [7, 11) is 2.99. The smallest absolute Gasteiger partial charge is 0.243 e. The van der Waals surface area contributed by atoms with Gasteiger partial charge < -0.3 is 15.0 Å². The van der Waals surface area contributed by atoms with Crippen molar-refractivity contribution in [1.29, 1.82) is 0 Å². The Morgan fingerprint density at radius 3 is 2.59 bits per heavy atom. The number of hydrogen-bond donors (Lipinski definition) is 1. The lowest BCUT2D eigenvalue weighted by Crippen LogP contribution is -2.35. The van der Waals surface area contributed by atoms with Crippen molar-refractivity contribution in [2.45, 2.75) is 26.7 Å². The summed E-state index contributed by atoms with van der Waals surface area (Å²) in [5, 5.41) is 2.83. The van der Waals surface area contributed by atoms with Crippen LogP contribution >= 0.6 is 0 Å². The maximum Gasteiger partial charge on any atom is 0.243 e. The van der Waals surface area contributed by atoms with Gasteiger partial charge in [-0.25, -0.2) is 4.39 Å². The molecular weight excluding hydrogens is 347 g/mol. The Labute approximate surface area is 159 Å². The van der Waals surface area contributed by atoms with Gasteiger partial charge in [-0.3, -0.25) is 9.59 Å².